The Morgan fingerprint density at radius 1 is 1.32 bits per heavy atom. The monoisotopic (exact) mass is 306 g/mol. The highest BCUT2D eigenvalue weighted by atomic mass is 16.5. The summed E-state index contributed by atoms with van der Waals surface area (Å²) in [6, 6.07) is 0. The third-order valence-corrected chi connectivity index (χ3v) is 4.89. The first-order valence-electron chi connectivity index (χ1n) is 8.29. The van der Waals surface area contributed by atoms with Gasteiger partial charge in [-0.2, -0.15) is 0 Å². The van der Waals surface area contributed by atoms with Gasteiger partial charge in [0.05, 0.1) is 11.6 Å². The molecule has 1 aromatic rings. The van der Waals surface area contributed by atoms with Crippen molar-refractivity contribution in [3.05, 3.63) is 17.0 Å². The van der Waals surface area contributed by atoms with Gasteiger partial charge in [0, 0.05) is 44.8 Å². The molecule has 2 aliphatic rings. The number of nitrogens with zero attached hydrogens (tertiary/aromatic N) is 3. The maximum atomic E-state index is 12.5. The molecule has 1 N–H and O–H groups in total. The molecule has 2 aliphatic heterocycles. The summed E-state index contributed by atoms with van der Waals surface area (Å²) < 4.78 is 5.23. The fourth-order valence-corrected chi connectivity index (χ4v) is 3.40. The smallest absolute Gasteiger partial charge is 0.227 e. The number of hydrogen-bond donors (Lipinski definition) is 1. The number of amides is 1. The minimum absolute atomic E-state index is 0.183. The van der Waals surface area contributed by atoms with Crippen LogP contribution in [0, 0.1) is 19.8 Å². The van der Waals surface area contributed by atoms with E-state index in [9.17, 15) is 4.79 Å². The fraction of sp³-hybridized carbons (Fsp3) is 0.750. The maximum absolute atomic E-state index is 12.5. The summed E-state index contributed by atoms with van der Waals surface area (Å²) in [5.74, 6) is 1.43. The van der Waals surface area contributed by atoms with Crippen LogP contribution in [-0.2, 0) is 11.3 Å². The van der Waals surface area contributed by atoms with Crippen molar-refractivity contribution in [3.8, 4) is 0 Å². The van der Waals surface area contributed by atoms with Crippen LogP contribution in [0.25, 0.3) is 0 Å². The van der Waals surface area contributed by atoms with Crippen LogP contribution in [0.5, 0.6) is 0 Å². The number of aryl methyl sites for hydroxylation is 2. The SMILES string of the molecule is Cc1noc(C)c1CN1CCN(C(=O)C2CCCNC2)CC1. The lowest BCUT2D eigenvalue weighted by molar-refractivity contribution is -0.137. The summed E-state index contributed by atoms with van der Waals surface area (Å²) in [5, 5.41) is 7.34. The summed E-state index contributed by atoms with van der Waals surface area (Å²) in [4.78, 5) is 17.0. The molecule has 1 unspecified atom stereocenters. The summed E-state index contributed by atoms with van der Waals surface area (Å²) in [5.41, 5.74) is 2.17. The molecule has 1 aromatic heterocycles. The second kappa shape index (κ2) is 6.79. The molecule has 0 aliphatic carbocycles. The Bertz CT molecular complexity index is 495. The number of nitrogens with one attached hydrogen (secondary N) is 1. The molecule has 0 saturated carbocycles. The van der Waals surface area contributed by atoms with Crippen LogP contribution in [0.3, 0.4) is 0 Å². The van der Waals surface area contributed by atoms with E-state index in [2.05, 4.69) is 15.4 Å². The number of piperazine rings is 1. The first kappa shape index (κ1) is 15.5. The topological polar surface area (TPSA) is 61.6 Å². The van der Waals surface area contributed by atoms with Crippen molar-refractivity contribution in [1.82, 2.24) is 20.3 Å². The van der Waals surface area contributed by atoms with Gasteiger partial charge < -0.3 is 14.7 Å². The molecule has 3 rings (SSSR count). The lowest BCUT2D eigenvalue weighted by Gasteiger charge is -2.37. The molecule has 1 amide bonds. The summed E-state index contributed by atoms with van der Waals surface area (Å²) in [7, 11) is 0. The molecule has 0 spiro atoms. The molecule has 2 saturated heterocycles. The van der Waals surface area contributed by atoms with E-state index in [1.807, 2.05) is 18.7 Å². The van der Waals surface area contributed by atoms with Crippen molar-refractivity contribution in [2.24, 2.45) is 5.92 Å². The zero-order valence-corrected chi connectivity index (χ0v) is 13.6. The van der Waals surface area contributed by atoms with Crippen LogP contribution >= 0.6 is 0 Å². The van der Waals surface area contributed by atoms with Gasteiger partial charge >= 0.3 is 0 Å². The van der Waals surface area contributed by atoms with E-state index in [4.69, 9.17) is 4.52 Å². The van der Waals surface area contributed by atoms with Gasteiger partial charge in [-0.25, -0.2) is 0 Å². The van der Waals surface area contributed by atoms with Gasteiger partial charge in [-0.05, 0) is 33.2 Å². The van der Waals surface area contributed by atoms with E-state index in [1.165, 1.54) is 5.56 Å². The normalized spacial score (nSPS) is 23.7. The zero-order valence-electron chi connectivity index (χ0n) is 13.6. The lowest BCUT2D eigenvalue weighted by atomic mass is 9.98. The van der Waals surface area contributed by atoms with Crippen molar-refractivity contribution in [1.29, 1.82) is 0 Å². The first-order chi connectivity index (χ1) is 10.6. The third-order valence-electron chi connectivity index (χ3n) is 4.89. The number of hydrogen-bond acceptors (Lipinski definition) is 5. The summed E-state index contributed by atoms with van der Waals surface area (Å²) in [6.45, 7) is 10.2. The summed E-state index contributed by atoms with van der Waals surface area (Å²) in [6.07, 6.45) is 2.15. The molecule has 2 fully saturated rings. The highest BCUT2D eigenvalue weighted by Gasteiger charge is 2.28. The van der Waals surface area contributed by atoms with Crippen LogP contribution in [0.1, 0.15) is 29.9 Å². The Labute approximate surface area is 131 Å². The van der Waals surface area contributed by atoms with Crippen molar-refractivity contribution < 1.29 is 9.32 Å². The average Bonchev–Trinajstić information content (AvgIpc) is 2.88. The molecule has 122 valence electrons. The van der Waals surface area contributed by atoms with E-state index in [0.717, 1.165) is 70.1 Å². The molecule has 1 atom stereocenters. The second-order valence-electron chi connectivity index (χ2n) is 6.45. The zero-order chi connectivity index (χ0) is 15.5. The largest absolute Gasteiger partial charge is 0.361 e. The van der Waals surface area contributed by atoms with Gasteiger partial charge in [-0.1, -0.05) is 5.16 Å². The number of carbonyl (C=O) groups excluding carboxylic acids is 1. The minimum Gasteiger partial charge on any atom is -0.361 e. The van der Waals surface area contributed by atoms with Crippen LogP contribution in [0.4, 0.5) is 0 Å². The number of rotatable bonds is 3. The number of carbonyl (C=O) groups is 1. The predicted molar refractivity (Wildman–Crippen MR) is 83.4 cm³/mol. The average molecular weight is 306 g/mol. The Hall–Kier alpha value is -1.40. The van der Waals surface area contributed by atoms with E-state index < -0.39 is 0 Å². The highest BCUT2D eigenvalue weighted by molar-refractivity contribution is 5.79. The maximum Gasteiger partial charge on any atom is 0.227 e. The van der Waals surface area contributed by atoms with E-state index in [1.54, 1.807) is 0 Å². The molecular formula is C16H26N4O2. The Morgan fingerprint density at radius 3 is 2.68 bits per heavy atom. The fourth-order valence-electron chi connectivity index (χ4n) is 3.40. The standard InChI is InChI=1S/C16H26N4O2/c1-12-15(13(2)22-18-12)11-19-6-8-20(9-7-19)16(21)14-4-3-5-17-10-14/h14,17H,3-11H2,1-2H3. The molecular weight excluding hydrogens is 280 g/mol. The highest BCUT2D eigenvalue weighted by Crippen LogP contribution is 2.18. The molecule has 0 aromatic carbocycles. The van der Waals surface area contributed by atoms with Gasteiger partial charge in [-0.15, -0.1) is 0 Å². The first-order valence-corrected chi connectivity index (χ1v) is 8.29. The molecule has 6 heteroatoms. The van der Waals surface area contributed by atoms with E-state index in [0.29, 0.717) is 5.91 Å². The van der Waals surface area contributed by atoms with Crippen LogP contribution in [-0.4, -0.2) is 60.1 Å². The van der Waals surface area contributed by atoms with Gasteiger partial charge in [0.2, 0.25) is 5.91 Å². The summed E-state index contributed by atoms with van der Waals surface area (Å²) >= 11 is 0. The molecule has 0 bridgehead atoms. The molecule has 3 heterocycles. The second-order valence-corrected chi connectivity index (χ2v) is 6.45. The van der Waals surface area contributed by atoms with Crippen LogP contribution in [0.2, 0.25) is 0 Å². The van der Waals surface area contributed by atoms with Gasteiger partial charge in [0.1, 0.15) is 5.76 Å². The lowest BCUT2D eigenvalue weighted by Crippen LogP contribution is -2.51. The predicted octanol–water partition coefficient (Wildman–Crippen LogP) is 0.935. The number of aromatic nitrogens is 1. The van der Waals surface area contributed by atoms with E-state index in [-0.39, 0.29) is 5.92 Å². The Morgan fingerprint density at radius 2 is 2.09 bits per heavy atom. The third kappa shape index (κ3) is 3.33. The van der Waals surface area contributed by atoms with Crippen molar-refractivity contribution in [3.63, 3.8) is 0 Å². The van der Waals surface area contributed by atoms with Crippen LogP contribution in [0.15, 0.2) is 4.52 Å². The van der Waals surface area contributed by atoms with Crippen molar-refractivity contribution >= 4 is 5.91 Å². The Kier molecular flexibility index (Phi) is 4.78. The molecule has 22 heavy (non-hydrogen) atoms. The Balaban J connectivity index is 1.51. The minimum atomic E-state index is 0.183. The van der Waals surface area contributed by atoms with Gasteiger partial charge in [0.25, 0.3) is 0 Å². The van der Waals surface area contributed by atoms with E-state index >= 15 is 0 Å². The van der Waals surface area contributed by atoms with Gasteiger partial charge in [-0.3, -0.25) is 9.69 Å². The molecule has 0 radical (unpaired) electrons. The quantitative estimate of drug-likeness (QED) is 0.900. The van der Waals surface area contributed by atoms with Crippen molar-refractivity contribution in [2.45, 2.75) is 33.2 Å². The molecule has 6 nitrogen and oxygen atoms in total. The number of piperidine rings is 1. The van der Waals surface area contributed by atoms with Crippen LogP contribution < -0.4 is 5.32 Å². The van der Waals surface area contributed by atoms with Gasteiger partial charge in [0.15, 0.2) is 0 Å². The van der Waals surface area contributed by atoms with Crippen molar-refractivity contribution in [2.75, 3.05) is 39.3 Å².